The van der Waals surface area contributed by atoms with Crippen molar-refractivity contribution in [2.75, 3.05) is 13.1 Å². The minimum Gasteiger partial charge on any atom is -0.388 e. The Morgan fingerprint density at radius 2 is 1.91 bits per heavy atom. The summed E-state index contributed by atoms with van der Waals surface area (Å²) in [4.78, 5) is 17.8. The minimum absolute atomic E-state index is 0.114. The van der Waals surface area contributed by atoms with E-state index in [-0.39, 0.29) is 17.4 Å². The highest BCUT2D eigenvalue weighted by atomic mass is 35.5. The molecule has 3 aromatic rings. The van der Waals surface area contributed by atoms with Gasteiger partial charge in [0, 0.05) is 29.7 Å². The second-order valence-corrected chi connectivity index (χ2v) is 9.48. The number of piperidine rings is 1. The number of amides is 1. The van der Waals surface area contributed by atoms with Crippen LogP contribution in [0.3, 0.4) is 0 Å². The molecule has 1 aliphatic heterocycles. The fraction of sp³-hybridized carbons (Fsp3) is 0.435. The van der Waals surface area contributed by atoms with Gasteiger partial charge in [0.05, 0.1) is 23.4 Å². The van der Waals surface area contributed by atoms with Crippen molar-refractivity contribution >= 4 is 28.4 Å². The fourth-order valence-electron chi connectivity index (χ4n) is 4.59. The molecule has 2 N–H and O–H groups in total. The van der Waals surface area contributed by atoms with Gasteiger partial charge >= 0.3 is 6.18 Å². The van der Waals surface area contributed by atoms with Crippen LogP contribution in [0.25, 0.3) is 10.9 Å². The number of halogens is 4. The highest BCUT2D eigenvalue weighted by molar-refractivity contribution is 6.31. The smallest absolute Gasteiger partial charge is 0.388 e. The van der Waals surface area contributed by atoms with Crippen LogP contribution in [0.2, 0.25) is 5.02 Å². The van der Waals surface area contributed by atoms with E-state index in [4.69, 9.17) is 11.6 Å². The summed E-state index contributed by atoms with van der Waals surface area (Å²) >= 11 is 6.24. The first kappa shape index (κ1) is 23.5. The predicted molar refractivity (Wildman–Crippen MR) is 118 cm³/mol. The second-order valence-electron chi connectivity index (χ2n) is 9.05. The quantitative estimate of drug-likeness (QED) is 0.535. The summed E-state index contributed by atoms with van der Waals surface area (Å²) in [5, 5.41) is 19.5. The van der Waals surface area contributed by atoms with Crippen LogP contribution in [-0.2, 0) is 6.18 Å². The van der Waals surface area contributed by atoms with Crippen molar-refractivity contribution < 1.29 is 23.1 Å². The first-order valence-corrected chi connectivity index (χ1v) is 11.0. The van der Waals surface area contributed by atoms with E-state index in [2.05, 4.69) is 15.2 Å². The van der Waals surface area contributed by atoms with Gasteiger partial charge in [0.1, 0.15) is 5.69 Å². The van der Waals surface area contributed by atoms with Gasteiger partial charge in [-0.2, -0.15) is 18.3 Å². The van der Waals surface area contributed by atoms with E-state index in [1.807, 2.05) is 13.8 Å². The molecule has 1 fully saturated rings. The molecule has 1 saturated heterocycles. The van der Waals surface area contributed by atoms with Gasteiger partial charge in [-0.3, -0.25) is 14.9 Å². The Bertz CT molecular complexity index is 1150. The highest BCUT2D eigenvalue weighted by Gasteiger charge is 2.40. The van der Waals surface area contributed by atoms with Gasteiger partial charge in [-0.1, -0.05) is 25.4 Å². The number of likely N-dealkylation sites (tertiary alicyclic amines) is 1. The summed E-state index contributed by atoms with van der Waals surface area (Å²) in [6.07, 6.45) is -1.41. The lowest BCUT2D eigenvalue weighted by Gasteiger charge is -2.43. The Hall–Kier alpha value is -2.65. The van der Waals surface area contributed by atoms with Crippen LogP contribution in [-0.4, -0.2) is 44.2 Å². The standard InChI is InChI=1S/C23H24ClF3N4O2/c1-22(2,20(32)16-9-15(24)10-18-17(16)12-29-30-18)14-5-7-31(8-6-14)21(33)13-3-4-19(28-11-13)23(25,26)27/h3-4,9-12,14,20,32H,5-8H2,1-2H3,(H,29,30). The first-order valence-electron chi connectivity index (χ1n) is 10.6. The zero-order chi connectivity index (χ0) is 24.0. The third-order valence-corrected chi connectivity index (χ3v) is 6.91. The molecule has 0 spiro atoms. The van der Waals surface area contributed by atoms with E-state index >= 15 is 0 Å². The molecule has 0 aliphatic carbocycles. The summed E-state index contributed by atoms with van der Waals surface area (Å²) in [6, 6.07) is 5.49. The number of rotatable bonds is 4. The zero-order valence-corrected chi connectivity index (χ0v) is 18.9. The zero-order valence-electron chi connectivity index (χ0n) is 18.2. The topological polar surface area (TPSA) is 82.1 Å². The van der Waals surface area contributed by atoms with Crippen molar-refractivity contribution in [3.8, 4) is 0 Å². The molecular formula is C23H24ClF3N4O2. The number of aromatic amines is 1. The number of alkyl halides is 3. The number of H-pyrrole nitrogens is 1. The number of carbonyl (C=O) groups is 1. The van der Waals surface area contributed by atoms with Crippen LogP contribution < -0.4 is 0 Å². The molecule has 1 amide bonds. The third-order valence-electron chi connectivity index (χ3n) is 6.69. The predicted octanol–water partition coefficient (Wildman–Crippen LogP) is 5.24. The number of fused-ring (bicyclic) bond motifs is 1. The van der Waals surface area contributed by atoms with Gasteiger partial charge < -0.3 is 10.0 Å². The van der Waals surface area contributed by atoms with E-state index in [0.717, 1.165) is 29.2 Å². The number of hydrogen-bond acceptors (Lipinski definition) is 4. The van der Waals surface area contributed by atoms with Crippen LogP contribution in [0.5, 0.6) is 0 Å². The SMILES string of the molecule is CC(C)(C1CCN(C(=O)c2ccc(C(F)(F)F)nc2)CC1)C(O)c1cc(Cl)cc2[nH]ncc12. The van der Waals surface area contributed by atoms with Crippen LogP contribution in [0.4, 0.5) is 13.2 Å². The average molecular weight is 481 g/mol. The van der Waals surface area contributed by atoms with Crippen LogP contribution in [0.1, 0.15) is 54.4 Å². The molecule has 1 atom stereocenters. The molecule has 4 rings (SSSR count). The highest BCUT2D eigenvalue weighted by Crippen LogP contribution is 2.46. The third kappa shape index (κ3) is 4.56. The summed E-state index contributed by atoms with van der Waals surface area (Å²) in [5.41, 5.74) is 0.0340. The van der Waals surface area contributed by atoms with E-state index in [1.54, 1.807) is 23.2 Å². The molecule has 2 aromatic heterocycles. The Morgan fingerprint density at radius 1 is 1.21 bits per heavy atom. The molecule has 1 aromatic carbocycles. The van der Waals surface area contributed by atoms with E-state index < -0.39 is 23.4 Å². The molecule has 0 saturated carbocycles. The normalized spacial score (nSPS) is 16.9. The number of aliphatic hydroxyl groups excluding tert-OH is 1. The van der Waals surface area contributed by atoms with E-state index in [9.17, 15) is 23.1 Å². The van der Waals surface area contributed by atoms with Crippen LogP contribution in [0, 0.1) is 11.3 Å². The Kier molecular flexibility index (Phi) is 6.13. The van der Waals surface area contributed by atoms with Gasteiger partial charge in [-0.15, -0.1) is 0 Å². The number of hydrogen-bond donors (Lipinski definition) is 2. The second kappa shape index (κ2) is 8.61. The number of aromatic nitrogens is 3. The van der Waals surface area contributed by atoms with Crippen molar-refractivity contribution in [1.82, 2.24) is 20.1 Å². The molecule has 10 heteroatoms. The number of nitrogens with zero attached hydrogens (tertiary/aromatic N) is 3. The first-order chi connectivity index (χ1) is 15.5. The average Bonchev–Trinajstić information content (AvgIpc) is 3.25. The molecule has 0 radical (unpaired) electrons. The molecule has 1 aliphatic rings. The molecular weight excluding hydrogens is 457 g/mol. The maximum absolute atomic E-state index is 12.8. The Labute approximate surface area is 193 Å². The number of pyridine rings is 1. The van der Waals surface area contributed by atoms with Gasteiger partial charge in [-0.25, -0.2) is 0 Å². The molecule has 3 heterocycles. The largest absolute Gasteiger partial charge is 0.433 e. The molecule has 33 heavy (non-hydrogen) atoms. The monoisotopic (exact) mass is 480 g/mol. The van der Waals surface area contributed by atoms with Gasteiger partial charge in [0.2, 0.25) is 0 Å². The molecule has 6 nitrogen and oxygen atoms in total. The van der Waals surface area contributed by atoms with Gasteiger partial charge in [-0.05, 0) is 54.0 Å². The number of benzene rings is 1. The number of nitrogens with one attached hydrogen (secondary N) is 1. The Balaban J connectivity index is 1.45. The van der Waals surface area contributed by atoms with Crippen LogP contribution >= 0.6 is 11.6 Å². The lowest BCUT2D eigenvalue weighted by molar-refractivity contribution is -0.141. The molecule has 1 unspecified atom stereocenters. The summed E-state index contributed by atoms with van der Waals surface area (Å²) < 4.78 is 38.2. The van der Waals surface area contributed by atoms with Crippen molar-refractivity contribution in [2.24, 2.45) is 11.3 Å². The van der Waals surface area contributed by atoms with Crippen molar-refractivity contribution in [2.45, 2.75) is 39.0 Å². The minimum atomic E-state index is -4.54. The number of aliphatic hydroxyl groups is 1. The fourth-order valence-corrected chi connectivity index (χ4v) is 4.82. The van der Waals surface area contributed by atoms with Crippen molar-refractivity contribution in [3.05, 3.63) is 58.5 Å². The van der Waals surface area contributed by atoms with Gasteiger partial charge in [0.15, 0.2) is 0 Å². The lowest BCUT2D eigenvalue weighted by atomic mass is 9.68. The lowest BCUT2D eigenvalue weighted by Crippen LogP contribution is -2.43. The van der Waals surface area contributed by atoms with Crippen LogP contribution in [0.15, 0.2) is 36.7 Å². The maximum atomic E-state index is 12.8. The summed E-state index contributed by atoms with van der Waals surface area (Å²) in [7, 11) is 0. The van der Waals surface area contributed by atoms with Crippen molar-refractivity contribution in [3.63, 3.8) is 0 Å². The van der Waals surface area contributed by atoms with Crippen molar-refractivity contribution in [1.29, 1.82) is 0 Å². The van der Waals surface area contributed by atoms with E-state index in [1.165, 1.54) is 0 Å². The number of carbonyl (C=O) groups excluding carboxylic acids is 1. The summed E-state index contributed by atoms with van der Waals surface area (Å²) in [6.45, 7) is 4.87. The van der Waals surface area contributed by atoms with Gasteiger partial charge in [0.25, 0.3) is 5.91 Å². The maximum Gasteiger partial charge on any atom is 0.433 e. The summed E-state index contributed by atoms with van der Waals surface area (Å²) in [5.74, 6) is -0.230. The molecule has 176 valence electrons. The molecule has 0 bridgehead atoms. The van der Waals surface area contributed by atoms with E-state index in [0.29, 0.717) is 36.5 Å². The Morgan fingerprint density at radius 3 is 2.52 bits per heavy atom.